The van der Waals surface area contributed by atoms with E-state index in [-0.39, 0.29) is 5.91 Å². The van der Waals surface area contributed by atoms with Crippen molar-refractivity contribution in [1.29, 1.82) is 0 Å². The van der Waals surface area contributed by atoms with E-state index in [1.165, 1.54) is 0 Å². The molecule has 1 N–H and O–H groups in total. The van der Waals surface area contributed by atoms with E-state index in [2.05, 4.69) is 27.1 Å². The van der Waals surface area contributed by atoms with Gasteiger partial charge in [0.2, 0.25) is 5.91 Å². The van der Waals surface area contributed by atoms with Crippen LogP contribution in [-0.2, 0) is 22.6 Å². The number of methoxy groups -OCH3 is 1. The van der Waals surface area contributed by atoms with E-state index < -0.39 is 0 Å². The highest BCUT2D eigenvalue weighted by Crippen LogP contribution is 2.02. The van der Waals surface area contributed by atoms with Crippen LogP contribution >= 0.6 is 0 Å². The van der Waals surface area contributed by atoms with Gasteiger partial charge in [0.05, 0.1) is 31.7 Å². The van der Waals surface area contributed by atoms with Gasteiger partial charge in [0.15, 0.2) is 0 Å². The SMILES string of the molecule is COCCn1cncc1CNC(=O)CN1CCCN(C)CC1. The van der Waals surface area contributed by atoms with Crippen molar-refractivity contribution in [2.24, 2.45) is 0 Å². The summed E-state index contributed by atoms with van der Waals surface area (Å²) in [7, 11) is 3.81. The van der Waals surface area contributed by atoms with Crippen molar-refractivity contribution in [2.75, 3.05) is 53.5 Å². The third-order valence-corrected chi connectivity index (χ3v) is 3.98. The van der Waals surface area contributed by atoms with Crippen molar-refractivity contribution < 1.29 is 9.53 Å². The second-order valence-electron chi connectivity index (χ2n) is 5.78. The first kappa shape index (κ1) is 16.9. The lowest BCUT2D eigenvalue weighted by Gasteiger charge is -2.19. The molecule has 1 aromatic heterocycles. The Morgan fingerprint density at radius 3 is 3.05 bits per heavy atom. The third-order valence-electron chi connectivity index (χ3n) is 3.98. The highest BCUT2D eigenvalue weighted by atomic mass is 16.5. The molecule has 22 heavy (non-hydrogen) atoms. The summed E-state index contributed by atoms with van der Waals surface area (Å²) in [6, 6.07) is 0. The predicted molar refractivity (Wildman–Crippen MR) is 84.5 cm³/mol. The molecule has 1 fully saturated rings. The minimum atomic E-state index is 0.0732. The second kappa shape index (κ2) is 8.87. The van der Waals surface area contributed by atoms with Crippen molar-refractivity contribution in [3.63, 3.8) is 0 Å². The highest BCUT2D eigenvalue weighted by molar-refractivity contribution is 5.77. The second-order valence-corrected chi connectivity index (χ2v) is 5.78. The molecule has 0 radical (unpaired) electrons. The molecule has 1 saturated heterocycles. The molecule has 2 heterocycles. The molecule has 7 nitrogen and oxygen atoms in total. The zero-order valence-electron chi connectivity index (χ0n) is 13.6. The highest BCUT2D eigenvalue weighted by Gasteiger charge is 2.15. The molecule has 0 bridgehead atoms. The predicted octanol–water partition coefficient (Wildman–Crippen LogP) is -0.217. The van der Waals surface area contributed by atoms with Crippen molar-refractivity contribution in [1.82, 2.24) is 24.7 Å². The van der Waals surface area contributed by atoms with Crippen LogP contribution in [0, 0.1) is 0 Å². The fourth-order valence-corrected chi connectivity index (χ4v) is 2.59. The van der Waals surface area contributed by atoms with Gasteiger partial charge in [0, 0.05) is 32.9 Å². The number of nitrogens with zero attached hydrogens (tertiary/aromatic N) is 4. The average molecular weight is 309 g/mol. The van der Waals surface area contributed by atoms with Crippen LogP contribution in [-0.4, -0.2) is 78.7 Å². The largest absolute Gasteiger partial charge is 0.383 e. The maximum Gasteiger partial charge on any atom is 0.234 e. The van der Waals surface area contributed by atoms with Gasteiger partial charge in [-0.2, -0.15) is 0 Å². The summed E-state index contributed by atoms with van der Waals surface area (Å²) in [6.45, 7) is 6.45. The number of aromatic nitrogens is 2. The summed E-state index contributed by atoms with van der Waals surface area (Å²) in [6.07, 6.45) is 4.68. The summed E-state index contributed by atoms with van der Waals surface area (Å²) in [5.74, 6) is 0.0732. The van der Waals surface area contributed by atoms with Crippen LogP contribution in [0.2, 0.25) is 0 Å². The third kappa shape index (κ3) is 5.40. The molecule has 1 amide bonds. The Balaban J connectivity index is 1.74. The summed E-state index contributed by atoms with van der Waals surface area (Å²) in [5, 5.41) is 2.98. The van der Waals surface area contributed by atoms with Crippen LogP contribution in [0.3, 0.4) is 0 Å². The quantitative estimate of drug-likeness (QED) is 0.755. The van der Waals surface area contributed by atoms with Gasteiger partial charge in [-0.15, -0.1) is 0 Å². The molecule has 0 atom stereocenters. The molecule has 0 aliphatic carbocycles. The molecule has 2 rings (SSSR count). The summed E-state index contributed by atoms with van der Waals surface area (Å²) in [5.41, 5.74) is 1.00. The van der Waals surface area contributed by atoms with E-state index in [4.69, 9.17) is 4.74 Å². The zero-order chi connectivity index (χ0) is 15.8. The Labute approximate surface area is 132 Å². The van der Waals surface area contributed by atoms with Gasteiger partial charge < -0.3 is 19.5 Å². The minimum absolute atomic E-state index is 0.0732. The monoisotopic (exact) mass is 309 g/mol. The van der Waals surface area contributed by atoms with Crippen LogP contribution in [0.25, 0.3) is 0 Å². The molecule has 124 valence electrons. The molecular formula is C15H27N5O2. The summed E-state index contributed by atoms with van der Waals surface area (Å²) < 4.78 is 7.07. The molecule has 0 unspecified atom stereocenters. The number of nitrogens with one attached hydrogen (secondary N) is 1. The Morgan fingerprint density at radius 1 is 1.36 bits per heavy atom. The molecule has 0 saturated carbocycles. The van der Waals surface area contributed by atoms with E-state index in [0.717, 1.165) is 44.8 Å². The number of likely N-dealkylation sites (N-methyl/N-ethyl adjacent to an activating group) is 1. The van der Waals surface area contributed by atoms with Gasteiger partial charge in [-0.25, -0.2) is 4.98 Å². The Morgan fingerprint density at radius 2 is 2.23 bits per heavy atom. The lowest BCUT2D eigenvalue weighted by molar-refractivity contribution is -0.122. The fourth-order valence-electron chi connectivity index (χ4n) is 2.59. The van der Waals surface area contributed by atoms with E-state index in [1.807, 2.05) is 4.57 Å². The molecule has 1 aromatic rings. The van der Waals surface area contributed by atoms with E-state index in [0.29, 0.717) is 19.7 Å². The Hall–Kier alpha value is -1.44. The van der Waals surface area contributed by atoms with Crippen LogP contribution in [0.15, 0.2) is 12.5 Å². The van der Waals surface area contributed by atoms with Crippen LogP contribution in [0.4, 0.5) is 0 Å². The Kier molecular flexibility index (Phi) is 6.82. The first-order chi connectivity index (χ1) is 10.7. The van der Waals surface area contributed by atoms with Gasteiger partial charge in [-0.3, -0.25) is 9.69 Å². The number of amides is 1. The summed E-state index contributed by atoms with van der Waals surface area (Å²) >= 11 is 0. The summed E-state index contributed by atoms with van der Waals surface area (Å²) in [4.78, 5) is 20.8. The maximum absolute atomic E-state index is 12.1. The lowest BCUT2D eigenvalue weighted by Crippen LogP contribution is -2.39. The fraction of sp³-hybridized carbons (Fsp3) is 0.733. The Bertz CT molecular complexity index is 463. The van der Waals surface area contributed by atoms with Gasteiger partial charge >= 0.3 is 0 Å². The maximum atomic E-state index is 12.1. The van der Waals surface area contributed by atoms with E-state index in [1.54, 1.807) is 19.6 Å². The molecule has 0 spiro atoms. The molecular weight excluding hydrogens is 282 g/mol. The average Bonchev–Trinajstić information content (AvgIpc) is 2.86. The number of imidazole rings is 1. The normalized spacial score (nSPS) is 17.4. The molecule has 7 heteroatoms. The lowest BCUT2D eigenvalue weighted by atomic mass is 10.3. The number of ether oxygens (including phenoxy) is 1. The van der Waals surface area contributed by atoms with Crippen LogP contribution in [0.1, 0.15) is 12.1 Å². The van der Waals surface area contributed by atoms with Crippen molar-refractivity contribution in [2.45, 2.75) is 19.5 Å². The van der Waals surface area contributed by atoms with Gasteiger partial charge in [0.1, 0.15) is 0 Å². The number of rotatable bonds is 7. The minimum Gasteiger partial charge on any atom is -0.383 e. The smallest absolute Gasteiger partial charge is 0.234 e. The van der Waals surface area contributed by atoms with Crippen molar-refractivity contribution in [3.05, 3.63) is 18.2 Å². The number of hydrogen-bond acceptors (Lipinski definition) is 5. The number of carbonyl (C=O) groups excluding carboxylic acids is 1. The first-order valence-electron chi connectivity index (χ1n) is 7.84. The van der Waals surface area contributed by atoms with Gasteiger partial charge in [-0.05, 0) is 26.6 Å². The van der Waals surface area contributed by atoms with Crippen LogP contribution < -0.4 is 5.32 Å². The molecule has 1 aliphatic heterocycles. The first-order valence-corrected chi connectivity index (χ1v) is 7.84. The van der Waals surface area contributed by atoms with Crippen molar-refractivity contribution in [3.8, 4) is 0 Å². The van der Waals surface area contributed by atoms with Gasteiger partial charge in [-0.1, -0.05) is 0 Å². The molecule has 0 aromatic carbocycles. The molecule has 1 aliphatic rings. The zero-order valence-corrected chi connectivity index (χ0v) is 13.6. The van der Waals surface area contributed by atoms with E-state index >= 15 is 0 Å². The topological polar surface area (TPSA) is 62.6 Å². The van der Waals surface area contributed by atoms with Crippen LogP contribution in [0.5, 0.6) is 0 Å². The van der Waals surface area contributed by atoms with Gasteiger partial charge in [0.25, 0.3) is 0 Å². The van der Waals surface area contributed by atoms with E-state index in [9.17, 15) is 4.79 Å². The standard InChI is InChI=1S/C15H27N5O2/c1-18-4-3-5-19(7-6-18)12-15(21)17-11-14-10-16-13-20(14)8-9-22-2/h10,13H,3-9,11-12H2,1-2H3,(H,17,21). The number of carbonyl (C=O) groups is 1. The number of hydrogen-bond donors (Lipinski definition) is 1. The van der Waals surface area contributed by atoms with Crippen molar-refractivity contribution >= 4 is 5.91 Å².